The first-order chi connectivity index (χ1) is 18.1. The van der Waals surface area contributed by atoms with E-state index < -0.39 is 17.8 Å². The monoisotopic (exact) mass is 526 g/mol. The van der Waals surface area contributed by atoms with Crippen molar-refractivity contribution in [1.29, 1.82) is 0 Å². The first kappa shape index (κ1) is 26.6. The zero-order chi connectivity index (χ0) is 27.4. The van der Waals surface area contributed by atoms with Gasteiger partial charge < -0.3 is 25.1 Å². The number of aromatic nitrogens is 3. The smallest absolute Gasteiger partial charge is 0.433 e. The summed E-state index contributed by atoms with van der Waals surface area (Å²) in [6.07, 6.45) is -4.65. The van der Waals surface area contributed by atoms with Gasteiger partial charge in [-0.2, -0.15) is 13.2 Å². The fourth-order valence-electron chi connectivity index (χ4n) is 3.78. The van der Waals surface area contributed by atoms with E-state index in [9.17, 15) is 18.0 Å². The summed E-state index contributed by atoms with van der Waals surface area (Å²) in [7, 11) is 3.18. The predicted octanol–water partition coefficient (Wildman–Crippen LogP) is 3.70. The summed E-state index contributed by atoms with van der Waals surface area (Å²) in [6, 6.07) is 12.7. The quantitative estimate of drug-likeness (QED) is 0.206. The van der Waals surface area contributed by atoms with Gasteiger partial charge in [-0.05, 0) is 36.4 Å². The number of nitrogens with zero attached hydrogens (tertiary/aromatic N) is 4. The van der Waals surface area contributed by atoms with Crippen LogP contribution in [0.5, 0.6) is 5.75 Å². The Labute approximate surface area is 215 Å². The van der Waals surface area contributed by atoms with E-state index in [1.165, 1.54) is 19.2 Å². The lowest BCUT2D eigenvalue weighted by Gasteiger charge is -2.15. The highest BCUT2D eigenvalue weighted by Crippen LogP contribution is 2.33. The van der Waals surface area contributed by atoms with Crippen LogP contribution in [-0.4, -0.2) is 46.5 Å². The largest absolute Gasteiger partial charge is 0.494 e. The van der Waals surface area contributed by atoms with Crippen molar-refractivity contribution in [1.82, 2.24) is 19.9 Å². The van der Waals surface area contributed by atoms with Gasteiger partial charge in [0.1, 0.15) is 35.1 Å². The first-order valence-corrected chi connectivity index (χ1v) is 11.4. The van der Waals surface area contributed by atoms with Gasteiger partial charge in [0.15, 0.2) is 0 Å². The number of rotatable bonds is 8. The van der Waals surface area contributed by atoms with Crippen molar-refractivity contribution >= 4 is 33.7 Å². The number of methoxy groups -OCH3 is 1. The Bertz CT molecular complexity index is 1540. The summed E-state index contributed by atoms with van der Waals surface area (Å²) < 4.78 is 52.6. The molecule has 0 aliphatic carbocycles. The SMILES string of the molecule is C=C(CN)O/C(=N\CC(=O)NCc1nc2ccccc2n1C)c1ccc(OC)c2nc(C(F)(F)F)ccc12. The molecule has 2 heterocycles. The number of fused-ring (bicyclic) bond motifs is 2. The number of carbonyl (C=O) groups excluding carboxylic acids is 1. The van der Waals surface area contributed by atoms with E-state index in [4.69, 9.17) is 15.2 Å². The number of benzene rings is 2. The minimum absolute atomic E-state index is 0.0392. The van der Waals surface area contributed by atoms with Crippen molar-refractivity contribution < 1.29 is 27.4 Å². The second-order valence-electron chi connectivity index (χ2n) is 8.22. The van der Waals surface area contributed by atoms with Crippen molar-refractivity contribution in [2.24, 2.45) is 17.8 Å². The molecule has 0 radical (unpaired) electrons. The number of aliphatic imine (C=N–C) groups is 1. The van der Waals surface area contributed by atoms with Crippen molar-refractivity contribution in [2.45, 2.75) is 12.7 Å². The molecule has 4 aromatic rings. The van der Waals surface area contributed by atoms with Gasteiger partial charge in [0, 0.05) is 18.0 Å². The Morgan fingerprint density at radius 1 is 1.16 bits per heavy atom. The fourth-order valence-corrected chi connectivity index (χ4v) is 3.78. The van der Waals surface area contributed by atoms with Gasteiger partial charge in [0.25, 0.3) is 0 Å². The Balaban J connectivity index is 1.62. The predicted molar refractivity (Wildman–Crippen MR) is 137 cm³/mol. The lowest BCUT2D eigenvalue weighted by atomic mass is 10.1. The molecule has 3 N–H and O–H groups in total. The van der Waals surface area contributed by atoms with Crippen LogP contribution in [0.4, 0.5) is 13.2 Å². The van der Waals surface area contributed by atoms with Gasteiger partial charge in [-0.15, -0.1) is 0 Å². The summed E-state index contributed by atoms with van der Waals surface area (Å²) in [6.45, 7) is 3.50. The number of alkyl halides is 3. The number of pyridine rings is 1. The number of aryl methyl sites for hydroxylation is 1. The van der Waals surface area contributed by atoms with Crippen molar-refractivity contribution in [3.8, 4) is 5.75 Å². The molecule has 0 saturated heterocycles. The zero-order valence-electron chi connectivity index (χ0n) is 20.7. The maximum Gasteiger partial charge on any atom is 0.433 e. The van der Waals surface area contributed by atoms with E-state index in [-0.39, 0.29) is 47.9 Å². The molecule has 0 unspecified atom stereocenters. The Hall–Kier alpha value is -4.45. The van der Waals surface area contributed by atoms with Crippen LogP contribution in [0.1, 0.15) is 17.1 Å². The number of imidazole rings is 1. The van der Waals surface area contributed by atoms with Crippen molar-refractivity contribution in [2.75, 3.05) is 20.2 Å². The molecule has 0 aliphatic rings. The maximum atomic E-state index is 13.3. The summed E-state index contributed by atoms with van der Waals surface area (Å²) in [4.78, 5) is 25.2. The molecule has 2 aromatic heterocycles. The first-order valence-electron chi connectivity index (χ1n) is 11.4. The number of carbonyl (C=O) groups is 1. The third-order valence-corrected chi connectivity index (χ3v) is 5.72. The molecule has 9 nitrogen and oxygen atoms in total. The Morgan fingerprint density at radius 3 is 2.61 bits per heavy atom. The van der Waals surface area contributed by atoms with E-state index >= 15 is 0 Å². The van der Waals surface area contributed by atoms with Crippen LogP contribution in [0, 0.1) is 0 Å². The molecule has 1 amide bonds. The molecule has 4 rings (SSSR count). The lowest BCUT2D eigenvalue weighted by molar-refractivity contribution is -0.141. The van der Waals surface area contributed by atoms with Crippen LogP contribution >= 0.6 is 0 Å². The number of nitrogens with one attached hydrogen (secondary N) is 1. The van der Waals surface area contributed by atoms with E-state index in [2.05, 4.69) is 26.9 Å². The molecular weight excluding hydrogens is 501 g/mol. The Kier molecular flexibility index (Phi) is 7.62. The highest BCUT2D eigenvalue weighted by Gasteiger charge is 2.33. The molecule has 0 atom stereocenters. The molecular formula is C26H25F3N6O3. The van der Waals surface area contributed by atoms with E-state index in [1.54, 1.807) is 6.07 Å². The molecule has 0 fully saturated rings. The highest BCUT2D eigenvalue weighted by molar-refractivity contribution is 6.08. The number of amides is 1. The summed E-state index contributed by atoms with van der Waals surface area (Å²) in [5.41, 5.74) is 6.52. The van der Waals surface area contributed by atoms with Gasteiger partial charge in [-0.25, -0.2) is 15.0 Å². The number of hydrogen-bond donors (Lipinski definition) is 2. The molecule has 0 saturated carbocycles. The molecule has 0 spiro atoms. The topological polar surface area (TPSA) is 117 Å². The van der Waals surface area contributed by atoms with Gasteiger partial charge in [0.05, 0.1) is 31.2 Å². The normalized spacial score (nSPS) is 12.1. The van der Waals surface area contributed by atoms with Gasteiger partial charge in [-0.3, -0.25) is 4.79 Å². The maximum absolute atomic E-state index is 13.3. The Morgan fingerprint density at radius 2 is 1.92 bits per heavy atom. The summed E-state index contributed by atoms with van der Waals surface area (Å²) in [5, 5.41) is 3.04. The number of para-hydroxylation sites is 2. The number of ether oxygens (including phenoxy) is 2. The molecule has 38 heavy (non-hydrogen) atoms. The lowest BCUT2D eigenvalue weighted by Crippen LogP contribution is -2.27. The van der Waals surface area contributed by atoms with E-state index in [1.807, 2.05) is 35.9 Å². The third kappa shape index (κ3) is 5.59. The zero-order valence-corrected chi connectivity index (χ0v) is 20.7. The van der Waals surface area contributed by atoms with Crippen LogP contribution in [0.15, 0.2) is 65.9 Å². The number of halogens is 3. The van der Waals surface area contributed by atoms with Gasteiger partial charge in [0.2, 0.25) is 11.8 Å². The van der Waals surface area contributed by atoms with Gasteiger partial charge in [-0.1, -0.05) is 18.7 Å². The summed E-state index contributed by atoms with van der Waals surface area (Å²) in [5.74, 6) is 0.461. The van der Waals surface area contributed by atoms with Crippen LogP contribution in [0.2, 0.25) is 0 Å². The second kappa shape index (κ2) is 10.9. The summed E-state index contributed by atoms with van der Waals surface area (Å²) >= 11 is 0. The van der Waals surface area contributed by atoms with Crippen LogP contribution in [0.25, 0.3) is 21.9 Å². The minimum atomic E-state index is -4.65. The van der Waals surface area contributed by atoms with E-state index in [0.717, 1.165) is 17.1 Å². The highest BCUT2D eigenvalue weighted by atomic mass is 19.4. The standard InChI is InChI=1S/C26H25F3N6O3/c1-15(12-30)38-25(17-8-10-20(37-3)24-16(17)9-11-21(34-24)26(27,28)29)32-14-23(36)31-13-22-33-18-6-4-5-7-19(18)35(22)2/h4-11H,1,12-14,30H2,2-3H3,(H,31,36)/b32-25-. The van der Waals surface area contributed by atoms with Crippen molar-refractivity contribution in [3.05, 3.63) is 78.0 Å². The van der Waals surface area contributed by atoms with Crippen LogP contribution in [-0.2, 0) is 29.3 Å². The third-order valence-electron chi connectivity index (χ3n) is 5.72. The molecule has 12 heteroatoms. The van der Waals surface area contributed by atoms with Crippen LogP contribution < -0.4 is 15.8 Å². The average Bonchev–Trinajstić information content (AvgIpc) is 3.23. The number of nitrogens with two attached hydrogens (primary N) is 1. The van der Waals surface area contributed by atoms with Crippen LogP contribution in [0.3, 0.4) is 0 Å². The van der Waals surface area contributed by atoms with Gasteiger partial charge >= 0.3 is 6.18 Å². The average molecular weight is 527 g/mol. The molecule has 198 valence electrons. The molecule has 0 aliphatic heterocycles. The van der Waals surface area contributed by atoms with E-state index in [0.29, 0.717) is 11.4 Å². The second-order valence-corrected chi connectivity index (χ2v) is 8.22. The molecule has 0 bridgehead atoms. The molecule has 2 aromatic carbocycles. The van der Waals surface area contributed by atoms with Crippen molar-refractivity contribution in [3.63, 3.8) is 0 Å². The number of hydrogen-bond acceptors (Lipinski definition) is 7. The fraction of sp³-hybridized carbons (Fsp3) is 0.231. The minimum Gasteiger partial charge on any atom is -0.494 e.